The van der Waals surface area contributed by atoms with Crippen molar-refractivity contribution in [3.63, 3.8) is 0 Å². The monoisotopic (exact) mass is 439 g/mol. The summed E-state index contributed by atoms with van der Waals surface area (Å²) < 4.78 is 5.67. The van der Waals surface area contributed by atoms with Crippen molar-refractivity contribution in [3.05, 3.63) is 51.2 Å². The van der Waals surface area contributed by atoms with Crippen LogP contribution in [-0.4, -0.2) is 35.2 Å². The van der Waals surface area contributed by atoms with E-state index in [1.165, 1.54) is 25.4 Å². The SMILES string of the molecule is COC(=O)[C@H](C)N1C(=O)S/C(=C/c2ccc(Sc3ccc(Cl)cc3)s2)C1=O. The van der Waals surface area contributed by atoms with Crippen LogP contribution < -0.4 is 0 Å². The smallest absolute Gasteiger partial charge is 0.328 e. The number of amides is 2. The number of benzene rings is 1. The number of imide groups is 1. The van der Waals surface area contributed by atoms with Crippen LogP contribution in [0.25, 0.3) is 6.08 Å². The first-order chi connectivity index (χ1) is 12.9. The second-order valence-corrected chi connectivity index (χ2v) is 9.38. The molecular formula is C18H14ClNO4S3. The van der Waals surface area contributed by atoms with Gasteiger partial charge in [0, 0.05) is 14.8 Å². The number of thioether (sulfide) groups is 1. The molecule has 1 aromatic heterocycles. The van der Waals surface area contributed by atoms with Gasteiger partial charge in [0.2, 0.25) is 0 Å². The highest BCUT2D eigenvalue weighted by molar-refractivity contribution is 8.18. The second-order valence-electron chi connectivity index (χ2n) is 5.46. The number of carbonyl (C=O) groups excluding carboxylic acids is 3. The normalized spacial score (nSPS) is 16.9. The number of esters is 1. The molecule has 1 aliphatic heterocycles. The summed E-state index contributed by atoms with van der Waals surface area (Å²) in [6.45, 7) is 1.47. The first-order valence-electron chi connectivity index (χ1n) is 7.77. The van der Waals surface area contributed by atoms with Crippen LogP contribution >= 0.6 is 46.5 Å². The molecule has 1 fully saturated rings. The number of nitrogens with zero attached hydrogens (tertiary/aromatic N) is 1. The largest absolute Gasteiger partial charge is 0.467 e. The number of halogens is 1. The molecule has 1 aromatic carbocycles. The maximum atomic E-state index is 12.5. The van der Waals surface area contributed by atoms with Crippen molar-refractivity contribution in [2.75, 3.05) is 7.11 Å². The third-order valence-corrected chi connectivity index (χ3v) is 6.97. The van der Waals surface area contributed by atoms with Crippen molar-refractivity contribution < 1.29 is 19.1 Å². The maximum absolute atomic E-state index is 12.5. The van der Waals surface area contributed by atoms with Crippen LogP contribution in [0.4, 0.5) is 4.79 Å². The van der Waals surface area contributed by atoms with Crippen molar-refractivity contribution >= 4 is 69.7 Å². The van der Waals surface area contributed by atoms with E-state index in [0.717, 1.165) is 30.6 Å². The zero-order valence-corrected chi connectivity index (χ0v) is 17.5. The molecule has 9 heteroatoms. The summed E-state index contributed by atoms with van der Waals surface area (Å²) in [7, 11) is 1.22. The molecule has 3 rings (SSSR count). The number of ether oxygens (including phenoxy) is 1. The Hall–Kier alpha value is -1.74. The number of methoxy groups -OCH3 is 1. The second kappa shape index (κ2) is 8.52. The molecule has 140 valence electrons. The minimum Gasteiger partial charge on any atom is -0.467 e. The molecule has 0 unspecified atom stereocenters. The van der Waals surface area contributed by atoms with E-state index in [1.807, 2.05) is 36.4 Å². The Bertz CT molecular complexity index is 923. The van der Waals surface area contributed by atoms with Gasteiger partial charge >= 0.3 is 5.97 Å². The quantitative estimate of drug-likeness (QED) is 0.474. The molecule has 2 aromatic rings. The Labute approximate surface area is 173 Å². The van der Waals surface area contributed by atoms with E-state index < -0.39 is 23.2 Å². The minimum atomic E-state index is -0.951. The molecule has 0 aliphatic carbocycles. The van der Waals surface area contributed by atoms with Crippen molar-refractivity contribution in [1.29, 1.82) is 0 Å². The standard InChI is InChI=1S/C18H14ClNO4S3/c1-10(17(22)24-2)20-16(21)14(27-18(20)23)9-13-7-8-15(26-13)25-12-5-3-11(19)4-6-12/h3-10H,1-2H3/b14-9+/t10-/m0/s1. The third kappa shape index (κ3) is 4.57. The molecule has 5 nitrogen and oxygen atoms in total. The van der Waals surface area contributed by atoms with Crippen molar-refractivity contribution in [1.82, 2.24) is 4.90 Å². The predicted octanol–water partition coefficient (Wildman–Crippen LogP) is 5.15. The van der Waals surface area contributed by atoms with Gasteiger partial charge in [-0.25, -0.2) is 4.79 Å². The van der Waals surface area contributed by atoms with Gasteiger partial charge in [0.15, 0.2) is 0 Å². The summed E-state index contributed by atoms with van der Waals surface area (Å²) in [5.41, 5.74) is 0. The summed E-state index contributed by atoms with van der Waals surface area (Å²) in [4.78, 5) is 39.4. The van der Waals surface area contributed by atoms with Crippen molar-refractivity contribution in [2.24, 2.45) is 0 Å². The molecule has 0 bridgehead atoms. The summed E-state index contributed by atoms with van der Waals surface area (Å²) in [5, 5.41) is 0.208. The zero-order chi connectivity index (χ0) is 19.6. The average molecular weight is 440 g/mol. The molecule has 1 atom stereocenters. The van der Waals surface area contributed by atoms with E-state index in [-0.39, 0.29) is 0 Å². The topological polar surface area (TPSA) is 63.7 Å². The highest BCUT2D eigenvalue weighted by atomic mass is 35.5. The highest BCUT2D eigenvalue weighted by Crippen LogP contribution is 2.38. The summed E-state index contributed by atoms with van der Waals surface area (Å²) in [5.74, 6) is -1.11. The third-order valence-electron chi connectivity index (χ3n) is 3.66. The lowest BCUT2D eigenvalue weighted by molar-refractivity contribution is -0.148. The zero-order valence-electron chi connectivity index (χ0n) is 14.3. The maximum Gasteiger partial charge on any atom is 0.328 e. The van der Waals surface area contributed by atoms with Crippen LogP contribution in [0.5, 0.6) is 0 Å². The summed E-state index contributed by atoms with van der Waals surface area (Å²) in [6, 6.07) is 10.4. The molecule has 2 heterocycles. The van der Waals surface area contributed by atoms with Crippen LogP contribution in [0.3, 0.4) is 0 Å². The summed E-state index contributed by atoms with van der Waals surface area (Å²) >= 11 is 9.81. The first-order valence-corrected chi connectivity index (χ1v) is 10.6. The van der Waals surface area contributed by atoms with Gasteiger partial charge in [-0.15, -0.1) is 11.3 Å². The van der Waals surface area contributed by atoms with Crippen molar-refractivity contribution in [2.45, 2.75) is 22.1 Å². The Morgan fingerprint density at radius 1 is 1.22 bits per heavy atom. The van der Waals surface area contributed by atoms with E-state index in [0.29, 0.717) is 9.93 Å². The van der Waals surface area contributed by atoms with Crippen LogP contribution in [-0.2, 0) is 14.3 Å². The van der Waals surface area contributed by atoms with Gasteiger partial charge in [0.25, 0.3) is 11.1 Å². The van der Waals surface area contributed by atoms with E-state index in [1.54, 1.807) is 17.8 Å². The van der Waals surface area contributed by atoms with E-state index >= 15 is 0 Å². The fourth-order valence-corrected chi connectivity index (χ4v) is 5.47. The van der Waals surface area contributed by atoms with Crippen LogP contribution in [0, 0.1) is 0 Å². The van der Waals surface area contributed by atoms with Crippen molar-refractivity contribution in [3.8, 4) is 0 Å². The van der Waals surface area contributed by atoms with E-state index in [9.17, 15) is 14.4 Å². The van der Waals surface area contributed by atoms with Crippen LogP contribution in [0.15, 0.2) is 50.4 Å². The lowest BCUT2D eigenvalue weighted by atomic mass is 10.3. The molecule has 27 heavy (non-hydrogen) atoms. The first kappa shape index (κ1) is 20.0. The van der Waals surface area contributed by atoms with Gasteiger partial charge in [0.05, 0.1) is 16.2 Å². The van der Waals surface area contributed by atoms with Gasteiger partial charge < -0.3 is 4.74 Å². The molecule has 1 saturated heterocycles. The van der Waals surface area contributed by atoms with Gasteiger partial charge in [-0.05, 0) is 61.2 Å². The highest BCUT2D eigenvalue weighted by Gasteiger charge is 2.41. The molecule has 0 N–H and O–H groups in total. The Morgan fingerprint density at radius 2 is 1.93 bits per heavy atom. The molecular weight excluding hydrogens is 426 g/mol. The number of rotatable bonds is 5. The Morgan fingerprint density at radius 3 is 2.59 bits per heavy atom. The van der Waals surface area contributed by atoms with Gasteiger partial charge in [0.1, 0.15) is 6.04 Å². The Balaban J connectivity index is 1.74. The fourth-order valence-electron chi connectivity index (χ4n) is 2.30. The predicted molar refractivity (Wildman–Crippen MR) is 109 cm³/mol. The molecule has 0 spiro atoms. The summed E-state index contributed by atoms with van der Waals surface area (Å²) in [6.07, 6.45) is 1.67. The number of thiophene rings is 1. The molecule has 0 radical (unpaired) electrons. The van der Waals surface area contributed by atoms with Crippen LogP contribution in [0.1, 0.15) is 11.8 Å². The number of carbonyl (C=O) groups is 3. The molecule has 0 saturated carbocycles. The molecule has 2 amide bonds. The average Bonchev–Trinajstić information content (AvgIpc) is 3.20. The van der Waals surface area contributed by atoms with Gasteiger partial charge in [-0.3, -0.25) is 14.5 Å². The lowest BCUT2D eigenvalue weighted by Crippen LogP contribution is -2.42. The fraction of sp³-hybridized carbons (Fsp3) is 0.167. The van der Waals surface area contributed by atoms with E-state index in [2.05, 4.69) is 4.74 Å². The van der Waals surface area contributed by atoms with Gasteiger partial charge in [-0.2, -0.15) is 0 Å². The Kier molecular flexibility index (Phi) is 6.31. The minimum absolute atomic E-state index is 0.292. The van der Waals surface area contributed by atoms with E-state index in [4.69, 9.17) is 11.6 Å². The van der Waals surface area contributed by atoms with Crippen LogP contribution in [0.2, 0.25) is 5.02 Å². The number of hydrogen-bond donors (Lipinski definition) is 0. The lowest BCUT2D eigenvalue weighted by Gasteiger charge is -2.18. The molecule has 1 aliphatic rings. The number of hydrogen-bond acceptors (Lipinski definition) is 7. The van der Waals surface area contributed by atoms with Gasteiger partial charge in [-0.1, -0.05) is 23.4 Å².